The second-order valence-corrected chi connectivity index (χ2v) is 5.11. The van der Waals surface area contributed by atoms with Gasteiger partial charge in [-0.15, -0.1) is 0 Å². The molecule has 0 aliphatic rings. The Morgan fingerprint density at radius 1 is 1.10 bits per heavy atom. The van der Waals surface area contributed by atoms with Crippen LogP contribution in [-0.4, -0.2) is 6.54 Å². The van der Waals surface area contributed by atoms with Gasteiger partial charge >= 0.3 is 0 Å². The summed E-state index contributed by atoms with van der Waals surface area (Å²) in [5, 5.41) is 4.00. The summed E-state index contributed by atoms with van der Waals surface area (Å²) in [5.74, 6) is -1.25. The summed E-state index contributed by atoms with van der Waals surface area (Å²) in [7, 11) is 0. The van der Waals surface area contributed by atoms with Crippen molar-refractivity contribution in [2.24, 2.45) is 0 Å². The fourth-order valence-electron chi connectivity index (χ4n) is 2.09. The smallest absolute Gasteiger partial charge is 0.131 e. The Bertz CT molecular complexity index is 597. The van der Waals surface area contributed by atoms with E-state index in [2.05, 4.69) is 5.32 Å². The van der Waals surface area contributed by atoms with E-state index in [1.807, 2.05) is 6.92 Å². The van der Waals surface area contributed by atoms with E-state index >= 15 is 0 Å². The SMILES string of the molecule is CCNC(c1ccc(F)cc1F)c1c(Cl)cccc1Cl. The molecule has 0 aliphatic carbocycles. The van der Waals surface area contributed by atoms with Crippen molar-refractivity contribution >= 4 is 23.2 Å². The zero-order chi connectivity index (χ0) is 14.7. The Morgan fingerprint density at radius 2 is 1.75 bits per heavy atom. The third-order valence-corrected chi connectivity index (χ3v) is 3.63. The Morgan fingerprint density at radius 3 is 2.30 bits per heavy atom. The minimum atomic E-state index is -0.632. The molecule has 0 bridgehead atoms. The Labute approximate surface area is 126 Å². The van der Waals surface area contributed by atoms with E-state index in [1.54, 1.807) is 18.2 Å². The van der Waals surface area contributed by atoms with E-state index in [1.165, 1.54) is 12.1 Å². The number of hydrogen-bond donors (Lipinski definition) is 1. The van der Waals surface area contributed by atoms with Gasteiger partial charge in [0.2, 0.25) is 0 Å². The number of benzene rings is 2. The fraction of sp³-hybridized carbons (Fsp3) is 0.200. The molecule has 5 heteroatoms. The molecular formula is C15H13Cl2F2N. The molecule has 1 unspecified atom stereocenters. The van der Waals surface area contributed by atoms with Crippen LogP contribution in [0, 0.1) is 11.6 Å². The molecule has 0 saturated heterocycles. The van der Waals surface area contributed by atoms with Gasteiger partial charge in [-0.25, -0.2) is 8.78 Å². The van der Waals surface area contributed by atoms with Gasteiger partial charge in [-0.3, -0.25) is 0 Å². The van der Waals surface area contributed by atoms with Gasteiger partial charge in [0, 0.05) is 27.2 Å². The molecule has 0 amide bonds. The molecule has 2 aromatic rings. The van der Waals surface area contributed by atoms with Gasteiger partial charge in [-0.2, -0.15) is 0 Å². The summed E-state index contributed by atoms with van der Waals surface area (Å²) in [6, 6.07) is 8.04. The standard InChI is InChI=1S/C15H13Cl2F2N/c1-2-20-15(10-7-6-9(18)8-13(10)19)14-11(16)4-3-5-12(14)17/h3-8,15,20H,2H2,1H3. The second kappa shape index (κ2) is 6.53. The van der Waals surface area contributed by atoms with Gasteiger partial charge in [0.15, 0.2) is 0 Å². The maximum Gasteiger partial charge on any atom is 0.131 e. The summed E-state index contributed by atoms with van der Waals surface area (Å²) < 4.78 is 27.1. The number of halogens is 4. The number of rotatable bonds is 4. The van der Waals surface area contributed by atoms with Gasteiger partial charge in [-0.1, -0.05) is 42.3 Å². The van der Waals surface area contributed by atoms with Crippen molar-refractivity contribution < 1.29 is 8.78 Å². The monoisotopic (exact) mass is 315 g/mol. The molecule has 0 aromatic heterocycles. The molecule has 1 N–H and O–H groups in total. The quantitative estimate of drug-likeness (QED) is 0.840. The van der Waals surface area contributed by atoms with Crippen LogP contribution in [0.1, 0.15) is 24.1 Å². The molecule has 2 rings (SSSR count). The first-order chi connectivity index (χ1) is 9.54. The summed E-state index contributed by atoms with van der Waals surface area (Å²) in [6.07, 6.45) is 0. The van der Waals surface area contributed by atoms with E-state index in [0.29, 0.717) is 27.7 Å². The minimum absolute atomic E-state index is 0.309. The van der Waals surface area contributed by atoms with Crippen LogP contribution in [0.4, 0.5) is 8.78 Å². The highest BCUT2D eigenvalue weighted by atomic mass is 35.5. The summed E-state index contributed by atoms with van der Waals surface area (Å²) in [4.78, 5) is 0. The molecule has 20 heavy (non-hydrogen) atoms. The molecule has 0 fully saturated rings. The Kier molecular flexibility index (Phi) is 4.97. The third kappa shape index (κ3) is 3.11. The van der Waals surface area contributed by atoms with Crippen LogP contribution in [-0.2, 0) is 0 Å². The molecule has 0 saturated carbocycles. The molecular weight excluding hydrogens is 303 g/mol. The van der Waals surface area contributed by atoms with Crippen molar-refractivity contribution in [1.29, 1.82) is 0 Å². The van der Waals surface area contributed by atoms with E-state index in [4.69, 9.17) is 23.2 Å². The minimum Gasteiger partial charge on any atom is -0.306 e. The van der Waals surface area contributed by atoms with Crippen LogP contribution in [0.25, 0.3) is 0 Å². The topological polar surface area (TPSA) is 12.0 Å². The van der Waals surface area contributed by atoms with Crippen molar-refractivity contribution in [2.75, 3.05) is 6.54 Å². The highest BCUT2D eigenvalue weighted by molar-refractivity contribution is 6.36. The molecule has 0 spiro atoms. The maximum atomic E-state index is 14.0. The maximum absolute atomic E-state index is 14.0. The van der Waals surface area contributed by atoms with Crippen molar-refractivity contribution in [3.63, 3.8) is 0 Å². The fourth-order valence-corrected chi connectivity index (χ4v) is 2.71. The van der Waals surface area contributed by atoms with Crippen molar-refractivity contribution in [2.45, 2.75) is 13.0 Å². The highest BCUT2D eigenvalue weighted by Gasteiger charge is 2.22. The number of nitrogens with one attached hydrogen (secondary N) is 1. The lowest BCUT2D eigenvalue weighted by Crippen LogP contribution is -2.23. The van der Waals surface area contributed by atoms with Crippen LogP contribution in [0.15, 0.2) is 36.4 Å². The Hall–Kier alpha value is -1.16. The third-order valence-electron chi connectivity index (χ3n) is 2.97. The zero-order valence-corrected chi connectivity index (χ0v) is 12.3. The summed E-state index contributed by atoms with van der Waals surface area (Å²) in [6.45, 7) is 2.47. The van der Waals surface area contributed by atoms with Crippen molar-refractivity contribution in [1.82, 2.24) is 5.32 Å². The number of hydrogen-bond acceptors (Lipinski definition) is 1. The summed E-state index contributed by atoms with van der Waals surface area (Å²) >= 11 is 12.3. The Balaban J connectivity index is 2.56. The van der Waals surface area contributed by atoms with Crippen LogP contribution in [0.2, 0.25) is 10.0 Å². The molecule has 0 radical (unpaired) electrons. The van der Waals surface area contributed by atoms with Crippen molar-refractivity contribution in [3.05, 3.63) is 69.2 Å². The molecule has 0 heterocycles. The molecule has 106 valence electrons. The van der Waals surface area contributed by atoms with Gasteiger partial charge in [0.1, 0.15) is 11.6 Å². The van der Waals surface area contributed by atoms with E-state index in [9.17, 15) is 8.78 Å². The first-order valence-electron chi connectivity index (χ1n) is 6.16. The second-order valence-electron chi connectivity index (χ2n) is 4.29. The highest BCUT2D eigenvalue weighted by Crippen LogP contribution is 2.35. The molecule has 1 nitrogen and oxygen atoms in total. The van der Waals surface area contributed by atoms with E-state index in [-0.39, 0.29) is 0 Å². The van der Waals surface area contributed by atoms with E-state index in [0.717, 1.165) is 6.07 Å². The van der Waals surface area contributed by atoms with Gasteiger partial charge in [0.25, 0.3) is 0 Å². The molecule has 0 aliphatic heterocycles. The van der Waals surface area contributed by atoms with E-state index < -0.39 is 17.7 Å². The first kappa shape index (κ1) is 15.2. The summed E-state index contributed by atoms with van der Waals surface area (Å²) in [5.41, 5.74) is 0.895. The van der Waals surface area contributed by atoms with Crippen LogP contribution < -0.4 is 5.32 Å². The predicted molar refractivity (Wildman–Crippen MR) is 78.3 cm³/mol. The van der Waals surface area contributed by atoms with Gasteiger partial charge < -0.3 is 5.32 Å². The zero-order valence-electron chi connectivity index (χ0n) is 10.8. The average molecular weight is 316 g/mol. The lowest BCUT2D eigenvalue weighted by atomic mass is 9.98. The van der Waals surface area contributed by atoms with Gasteiger partial charge in [-0.05, 0) is 24.7 Å². The van der Waals surface area contributed by atoms with Crippen molar-refractivity contribution in [3.8, 4) is 0 Å². The lowest BCUT2D eigenvalue weighted by molar-refractivity contribution is 0.541. The largest absolute Gasteiger partial charge is 0.306 e. The average Bonchev–Trinajstić information content (AvgIpc) is 2.38. The lowest BCUT2D eigenvalue weighted by Gasteiger charge is -2.22. The first-order valence-corrected chi connectivity index (χ1v) is 6.92. The molecule has 1 atom stereocenters. The molecule has 2 aromatic carbocycles. The van der Waals surface area contributed by atoms with Crippen LogP contribution in [0.5, 0.6) is 0 Å². The van der Waals surface area contributed by atoms with Crippen LogP contribution in [0.3, 0.4) is 0 Å². The normalized spacial score (nSPS) is 12.4. The van der Waals surface area contributed by atoms with Gasteiger partial charge in [0.05, 0.1) is 6.04 Å². The predicted octanol–water partition coefficient (Wildman–Crippen LogP) is 4.97. The van der Waals surface area contributed by atoms with Crippen LogP contribution >= 0.6 is 23.2 Å².